The number of anilines is 1. The third-order valence-electron chi connectivity index (χ3n) is 5.45. The summed E-state index contributed by atoms with van der Waals surface area (Å²) < 4.78 is 1.74. The van der Waals surface area contributed by atoms with Crippen molar-refractivity contribution in [1.82, 2.24) is 30.0 Å². The maximum atomic E-state index is 13.2. The van der Waals surface area contributed by atoms with E-state index in [1.54, 1.807) is 23.1 Å². The highest BCUT2D eigenvalue weighted by atomic mass is 16.2. The lowest BCUT2D eigenvalue weighted by Gasteiger charge is -2.21. The summed E-state index contributed by atoms with van der Waals surface area (Å²) in [5.74, 6) is 1.20. The molecule has 0 fully saturated rings. The van der Waals surface area contributed by atoms with Crippen LogP contribution in [0.5, 0.6) is 0 Å². The van der Waals surface area contributed by atoms with E-state index in [1.165, 1.54) is 0 Å². The Labute approximate surface area is 193 Å². The third-order valence-corrected chi connectivity index (χ3v) is 5.45. The van der Waals surface area contributed by atoms with Crippen LogP contribution >= 0.6 is 0 Å². The molecule has 0 aliphatic heterocycles. The number of rotatable bonds is 8. The first-order chi connectivity index (χ1) is 16.0. The fourth-order valence-corrected chi connectivity index (χ4v) is 3.48. The van der Waals surface area contributed by atoms with Crippen molar-refractivity contribution < 1.29 is 4.79 Å². The number of nitrogens with one attached hydrogen (secondary N) is 2. The summed E-state index contributed by atoms with van der Waals surface area (Å²) in [4.78, 5) is 26.2. The minimum Gasteiger partial charge on any atom is -0.309 e. The monoisotopic (exact) mass is 441 g/mol. The Kier molecular flexibility index (Phi) is 6.85. The van der Waals surface area contributed by atoms with Gasteiger partial charge in [-0.1, -0.05) is 37.3 Å². The molecule has 0 saturated heterocycles. The Hall–Kier alpha value is -3.91. The number of hydrogen-bond acceptors (Lipinski definition) is 6. The number of amides is 1. The van der Waals surface area contributed by atoms with Crippen LogP contribution in [0.3, 0.4) is 0 Å². The third kappa shape index (κ3) is 5.67. The van der Waals surface area contributed by atoms with Gasteiger partial charge in [0.25, 0.3) is 0 Å². The van der Waals surface area contributed by atoms with E-state index < -0.39 is 6.04 Å². The lowest BCUT2D eigenvalue weighted by molar-refractivity contribution is -0.118. The van der Waals surface area contributed by atoms with Gasteiger partial charge in [0.1, 0.15) is 17.7 Å². The van der Waals surface area contributed by atoms with Gasteiger partial charge in [-0.25, -0.2) is 15.0 Å². The van der Waals surface area contributed by atoms with Crippen molar-refractivity contribution in [3.63, 3.8) is 0 Å². The minimum atomic E-state index is -0.528. The Bertz CT molecular complexity index is 1190. The summed E-state index contributed by atoms with van der Waals surface area (Å²) >= 11 is 0. The van der Waals surface area contributed by atoms with Crippen LogP contribution in [0.1, 0.15) is 35.8 Å². The summed E-state index contributed by atoms with van der Waals surface area (Å²) in [6, 6.07) is 12.9. The SMILES string of the molecule is Cc1ncc([C@@H](C)CNC(C(=O)Nc2ccc(-c3cnn(C)c3)cn2)c2ccccc2)cn1. The normalized spacial score (nSPS) is 12.8. The van der Waals surface area contributed by atoms with Crippen LogP contribution in [0.2, 0.25) is 0 Å². The van der Waals surface area contributed by atoms with Crippen molar-refractivity contribution in [1.29, 1.82) is 0 Å². The molecule has 0 aliphatic rings. The predicted octanol–water partition coefficient (Wildman–Crippen LogP) is 3.65. The van der Waals surface area contributed by atoms with Crippen molar-refractivity contribution in [2.24, 2.45) is 7.05 Å². The van der Waals surface area contributed by atoms with E-state index in [0.717, 1.165) is 28.1 Å². The second-order valence-electron chi connectivity index (χ2n) is 8.04. The van der Waals surface area contributed by atoms with Gasteiger partial charge in [-0.05, 0) is 36.1 Å². The number of aromatic nitrogens is 5. The lowest BCUT2D eigenvalue weighted by atomic mass is 10.0. The maximum Gasteiger partial charge on any atom is 0.247 e. The molecule has 1 aromatic carbocycles. The van der Waals surface area contributed by atoms with Crippen molar-refractivity contribution >= 4 is 11.7 Å². The molecule has 3 aromatic heterocycles. The first kappa shape index (κ1) is 22.3. The number of pyridine rings is 1. The topological polar surface area (TPSA) is 97.6 Å². The molecule has 0 spiro atoms. The fraction of sp³-hybridized carbons (Fsp3) is 0.240. The maximum absolute atomic E-state index is 13.2. The van der Waals surface area contributed by atoms with E-state index in [0.29, 0.717) is 12.4 Å². The van der Waals surface area contributed by atoms with Gasteiger partial charge in [0.2, 0.25) is 5.91 Å². The summed E-state index contributed by atoms with van der Waals surface area (Å²) in [5.41, 5.74) is 3.82. The molecule has 33 heavy (non-hydrogen) atoms. The van der Waals surface area contributed by atoms with Gasteiger partial charge in [-0.15, -0.1) is 0 Å². The predicted molar refractivity (Wildman–Crippen MR) is 127 cm³/mol. The summed E-state index contributed by atoms with van der Waals surface area (Å²) in [6.07, 6.45) is 9.10. The Morgan fingerprint density at radius 3 is 2.33 bits per heavy atom. The van der Waals surface area contributed by atoms with Crippen LogP contribution in [0.4, 0.5) is 5.82 Å². The number of aryl methyl sites for hydroxylation is 2. The Morgan fingerprint density at radius 2 is 1.70 bits per heavy atom. The zero-order chi connectivity index (χ0) is 23.2. The van der Waals surface area contributed by atoms with E-state index in [-0.39, 0.29) is 11.8 Å². The molecule has 4 aromatic rings. The molecule has 168 valence electrons. The quantitative estimate of drug-likeness (QED) is 0.433. The molecule has 3 heterocycles. The van der Waals surface area contributed by atoms with Crippen molar-refractivity contribution in [2.45, 2.75) is 25.8 Å². The fourth-order valence-electron chi connectivity index (χ4n) is 3.48. The summed E-state index contributed by atoms with van der Waals surface area (Å²) in [5, 5.41) is 10.5. The van der Waals surface area contributed by atoms with Gasteiger partial charge in [-0.3, -0.25) is 9.48 Å². The van der Waals surface area contributed by atoms with E-state index in [9.17, 15) is 4.79 Å². The Balaban J connectivity index is 1.46. The van der Waals surface area contributed by atoms with Gasteiger partial charge in [0.15, 0.2) is 0 Å². The standard InChI is InChI=1S/C25H27N7O/c1-17(21-13-26-18(2)27-14-21)11-29-24(19-7-5-4-6-8-19)25(33)31-23-10-9-20(12-28-23)22-15-30-32(3)16-22/h4-10,12-17,24,29H,11H2,1-3H3,(H,28,31,33)/t17-,24?/m0/s1. The van der Waals surface area contributed by atoms with Gasteiger partial charge >= 0.3 is 0 Å². The average Bonchev–Trinajstić information content (AvgIpc) is 3.27. The summed E-state index contributed by atoms with van der Waals surface area (Å²) in [7, 11) is 1.87. The molecule has 0 radical (unpaired) electrons. The van der Waals surface area contributed by atoms with Gasteiger partial charge in [-0.2, -0.15) is 5.10 Å². The van der Waals surface area contributed by atoms with Crippen molar-refractivity contribution in [2.75, 3.05) is 11.9 Å². The van der Waals surface area contributed by atoms with Crippen LogP contribution in [0, 0.1) is 6.92 Å². The van der Waals surface area contributed by atoms with Gasteiger partial charge < -0.3 is 10.6 Å². The molecule has 2 atom stereocenters. The van der Waals surface area contributed by atoms with Crippen molar-refractivity contribution in [3.05, 3.63) is 90.4 Å². The highest BCUT2D eigenvalue weighted by Gasteiger charge is 2.22. The van der Waals surface area contributed by atoms with E-state index in [4.69, 9.17) is 0 Å². The average molecular weight is 442 g/mol. The number of nitrogens with zero attached hydrogens (tertiary/aromatic N) is 5. The smallest absolute Gasteiger partial charge is 0.247 e. The van der Waals surface area contributed by atoms with Crippen LogP contribution in [-0.2, 0) is 11.8 Å². The first-order valence-corrected chi connectivity index (χ1v) is 10.8. The Morgan fingerprint density at radius 1 is 0.939 bits per heavy atom. The first-order valence-electron chi connectivity index (χ1n) is 10.8. The van der Waals surface area contributed by atoms with E-state index in [2.05, 4.69) is 37.6 Å². The van der Waals surface area contributed by atoms with Crippen molar-refractivity contribution in [3.8, 4) is 11.1 Å². The second-order valence-corrected chi connectivity index (χ2v) is 8.04. The number of carbonyl (C=O) groups is 1. The number of carbonyl (C=O) groups excluding carboxylic acids is 1. The molecule has 0 aliphatic carbocycles. The molecule has 1 amide bonds. The molecule has 0 bridgehead atoms. The van der Waals surface area contributed by atoms with Gasteiger partial charge in [0, 0.05) is 49.5 Å². The number of hydrogen-bond donors (Lipinski definition) is 2. The summed E-state index contributed by atoms with van der Waals surface area (Å²) in [6.45, 7) is 4.53. The highest BCUT2D eigenvalue weighted by molar-refractivity contribution is 5.95. The van der Waals surface area contributed by atoms with Gasteiger partial charge in [0.05, 0.1) is 6.20 Å². The van der Waals surface area contributed by atoms with E-state index in [1.807, 2.05) is 69.0 Å². The lowest BCUT2D eigenvalue weighted by Crippen LogP contribution is -2.35. The largest absolute Gasteiger partial charge is 0.309 e. The zero-order valence-corrected chi connectivity index (χ0v) is 18.9. The van der Waals surface area contributed by atoms with E-state index >= 15 is 0 Å². The number of benzene rings is 1. The molecular formula is C25H27N7O. The van der Waals surface area contributed by atoms with Crippen LogP contribution < -0.4 is 10.6 Å². The molecule has 8 nitrogen and oxygen atoms in total. The van der Waals surface area contributed by atoms with Crippen LogP contribution in [-0.4, -0.2) is 37.2 Å². The molecule has 1 unspecified atom stereocenters. The molecule has 2 N–H and O–H groups in total. The molecular weight excluding hydrogens is 414 g/mol. The second kappa shape index (κ2) is 10.1. The van der Waals surface area contributed by atoms with Crippen LogP contribution in [0.25, 0.3) is 11.1 Å². The highest BCUT2D eigenvalue weighted by Crippen LogP contribution is 2.21. The zero-order valence-electron chi connectivity index (χ0n) is 18.9. The molecule has 0 saturated carbocycles. The molecule has 8 heteroatoms. The van der Waals surface area contributed by atoms with Crippen LogP contribution in [0.15, 0.2) is 73.4 Å². The minimum absolute atomic E-state index is 0.140. The molecule has 4 rings (SSSR count).